The molecule has 1 aliphatic heterocycles. The summed E-state index contributed by atoms with van der Waals surface area (Å²) in [4.78, 5) is 23.3. The van der Waals surface area contributed by atoms with Gasteiger partial charge in [0.15, 0.2) is 5.54 Å². The summed E-state index contributed by atoms with van der Waals surface area (Å²) >= 11 is 0. The fourth-order valence-corrected chi connectivity index (χ4v) is 4.84. The monoisotopic (exact) mass is 385 g/mol. The molecule has 26 heavy (non-hydrogen) atoms. The molecule has 8 nitrogen and oxygen atoms in total. The molecule has 9 heteroatoms. The van der Waals surface area contributed by atoms with Gasteiger partial charge in [-0.05, 0) is 37.1 Å². The minimum Gasteiger partial charge on any atom is -0.497 e. The lowest BCUT2D eigenvalue weighted by atomic mass is 9.94. The van der Waals surface area contributed by atoms with Crippen LogP contribution in [0.1, 0.15) is 32.6 Å². The Morgan fingerprint density at radius 1 is 1.19 bits per heavy atom. The lowest BCUT2D eigenvalue weighted by molar-refractivity contribution is -0.157. The maximum Gasteiger partial charge on any atom is 0.328 e. The zero-order valence-electron chi connectivity index (χ0n) is 14.8. The van der Waals surface area contributed by atoms with E-state index < -0.39 is 34.1 Å². The summed E-state index contributed by atoms with van der Waals surface area (Å²) < 4.78 is 37.3. The SMILES string of the molecule is COc1ccc(S(=O)(=O)N2CCCCCC2(COC(C)=O)C(=O)O)cc1. The van der Waals surface area contributed by atoms with E-state index in [1.165, 1.54) is 31.4 Å². The summed E-state index contributed by atoms with van der Waals surface area (Å²) in [5.74, 6) is -1.49. The van der Waals surface area contributed by atoms with Gasteiger partial charge in [-0.25, -0.2) is 8.42 Å². The zero-order chi connectivity index (χ0) is 19.4. The second-order valence-electron chi connectivity index (χ2n) is 6.18. The predicted molar refractivity (Wildman–Crippen MR) is 92.4 cm³/mol. The predicted octanol–water partition coefficient (Wildman–Crippen LogP) is 1.65. The Kier molecular flexibility index (Phi) is 6.25. The molecule has 1 N–H and O–H groups in total. The van der Waals surface area contributed by atoms with Gasteiger partial charge < -0.3 is 14.6 Å². The fourth-order valence-electron chi connectivity index (χ4n) is 3.05. The van der Waals surface area contributed by atoms with Crippen molar-refractivity contribution in [3.8, 4) is 5.75 Å². The van der Waals surface area contributed by atoms with Gasteiger partial charge in [-0.2, -0.15) is 4.31 Å². The van der Waals surface area contributed by atoms with Crippen LogP contribution in [0, 0.1) is 0 Å². The van der Waals surface area contributed by atoms with Gasteiger partial charge in [0.05, 0.1) is 12.0 Å². The molecule has 1 fully saturated rings. The minimum absolute atomic E-state index is 0.0337. The van der Waals surface area contributed by atoms with Crippen molar-refractivity contribution < 1.29 is 32.6 Å². The van der Waals surface area contributed by atoms with Crippen LogP contribution in [0.5, 0.6) is 5.75 Å². The van der Waals surface area contributed by atoms with Crippen molar-refractivity contribution in [3.63, 3.8) is 0 Å². The van der Waals surface area contributed by atoms with Crippen LogP contribution in [0.25, 0.3) is 0 Å². The van der Waals surface area contributed by atoms with E-state index in [2.05, 4.69) is 0 Å². The van der Waals surface area contributed by atoms with Crippen LogP contribution in [0.3, 0.4) is 0 Å². The van der Waals surface area contributed by atoms with Gasteiger partial charge in [0.25, 0.3) is 0 Å². The molecule has 0 bridgehead atoms. The number of nitrogens with zero attached hydrogens (tertiary/aromatic N) is 1. The van der Waals surface area contributed by atoms with Crippen LogP contribution < -0.4 is 4.74 Å². The first-order chi connectivity index (χ1) is 12.2. The molecule has 1 saturated heterocycles. The largest absolute Gasteiger partial charge is 0.497 e. The molecule has 0 amide bonds. The van der Waals surface area contributed by atoms with Gasteiger partial charge in [0, 0.05) is 13.5 Å². The smallest absolute Gasteiger partial charge is 0.328 e. The van der Waals surface area contributed by atoms with Crippen LogP contribution in [0.2, 0.25) is 0 Å². The third-order valence-corrected chi connectivity index (χ3v) is 6.47. The molecule has 0 radical (unpaired) electrons. The van der Waals surface area contributed by atoms with E-state index in [1.807, 2.05) is 0 Å². The summed E-state index contributed by atoms with van der Waals surface area (Å²) in [5, 5.41) is 9.87. The molecule has 1 aromatic rings. The maximum atomic E-state index is 13.2. The molecular weight excluding hydrogens is 362 g/mol. The van der Waals surface area contributed by atoms with Crippen molar-refractivity contribution in [2.24, 2.45) is 0 Å². The highest BCUT2D eigenvalue weighted by Gasteiger charge is 2.51. The van der Waals surface area contributed by atoms with Crippen LogP contribution in [0.4, 0.5) is 0 Å². The van der Waals surface area contributed by atoms with Crippen molar-refractivity contribution in [2.45, 2.75) is 43.0 Å². The van der Waals surface area contributed by atoms with E-state index >= 15 is 0 Å². The molecule has 1 aromatic carbocycles. The number of aliphatic carboxylic acids is 1. The van der Waals surface area contributed by atoms with Gasteiger partial charge in [0.1, 0.15) is 12.4 Å². The van der Waals surface area contributed by atoms with Crippen LogP contribution in [0.15, 0.2) is 29.2 Å². The summed E-state index contributed by atoms with van der Waals surface area (Å²) in [6.07, 6.45) is 1.83. The number of rotatable bonds is 6. The molecule has 1 aliphatic rings. The average Bonchev–Trinajstić information content (AvgIpc) is 2.84. The number of carboxylic acid groups (broad SMARTS) is 1. The minimum atomic E-state index is -4.11. The Balaban J connectivity index is 2.50. The molecule has 144 valence electrons. The lowest BCUT2D eigenvalue weighted by Crippen LogP contribution is -2.59. The molecule has 1 heterocycles. The molecule has 2 rings (SSSR count). The van der Waals surface area contributed by atoms with E-state index in [1.54, 1.807) is 0 Å². The van der Waals surface area contributed by atoms with Crippen molar-refractivity contribution in [1.82, 2.24) is 4.31 Å². The second-order valence-corrected chi connectivity index (χ2v) is 8.04. The highest BCUT2D eigenvalue weighted by atomic mass is 32.2. The van der Waals surface area contributed by atoms with Crippen LogP contribution in [-0.4, -0.2) is 55.6 Å². The number of sulfonamides is 1. The topological polar surface area (TPSA) is 110 Å². The standard InChI is InChI=1S/C17H23NO7S/c1-13(19)25-12-17(16(20)21)10-4-3-5-11-18(17)26(22,23)15-8-6-14(24-2)7-9-15/h6-9H,3-5,10-12H2,1-2H3,(H,20,21). The number of carboxylic acids is 1. The van der Waals surface area contributed by atoms with Crippen LogP contribution >= 0.6 is 0 Å². The molecule has 0 aliphatic carbocycles. The highest BCUT2D eigenvalue weighted by molar-refractivity contribution is 7.89. The fraction of sp³-hybridized carbons (Fsp3) is 0.529. The number of carbonyl (C=O) groups is 2. The average molecular weight is 385 g/mol. The highest BCUT2D eigenvalue weighted by Crippen LogP contribution is 2.34. The van der Waals surface area contributed by atoms with E-state index in [0.717, 1.165) is 11.2 Å². The van der Waals surface area contributed by atoms with Crippen molar-refractivity contribution in [3.05, 3.63) is 24.3 Å². The number of benzene rings is 1. The number of ether oxygens (including phenoxy) is 2. The normalized spacial score (nSPS) is 21.6. The first kappa shape index (κ1) is 20.2. The van der Waals surface area contributed by atoms with Gasteiger partial charge in [0.2, 0.25) is 10.0 Å². The maximum absolute atomic E-state index is 13.2. The first-order valence-corrected chi connectivity index (χ1v) is 9.72. The van der Waals surface area contributed by atoms with Crippen molar-refractivity contribution in [1.29, 1.82) is 0 Å². The van der Waals surface area contributed by atoms with E-state index in [4.69, 9.17) is 9.47 Å². The number of esters is 1. The summed E-state index contributed by atoms with van der Waals surface area (Å²) in [5.41, 5.74) is -1.82. The van der Waals surface area contributed by atoms with E-state index in [0.29, 0.717) is 25.0 Å². The first-order valence-electron chi connectivity index (χ1n) is 8.28. The zero-order valence-corrected chi connectivity index (χ0v) is 15.6. The van der Waals surface area contributed by atoms with Crippen LogP contribution in [-0.2, 0) is 24.3 Å². The third kappa shape index (κ3) is 3.99. The molecule has 1 unspecified atom stereocenters. The summed E-state index contributed by atoms with van der Waals surface area (Å²) in [6, 6.07) is 5.74. The van der Waals surface area contributed by atoms with Crippen molar-refractivity contribution >= 4 is 22.0 Å². The lowest BCUT2D eigenvalue weighted by Gasteiger charge is -2.37. The molecule has 0 aromatic heterocycles. The molecule has 1 atom stereocenters. The summed E-state index contributed by atoms with van der Waals surface area (Å²) in [6.45, 7) is 0.684. The number of carbonyl (C=O) groups excluding carboxylic acids is 1. The summed E-state index contributed by atoms with van der Waals surface area (Å²) in [7, 11) is -2.64. The van der Waals surface area contributed by atoms with E-state index in [-0.39, 0.29) is 17.9 Å². The van der Waals surface area contributed by atoms with Crippen molar-refractivity contribution in [2.75, 3.05) is 20.3 Å². The van der Waals surface area contributed by atoms with Gasteiger partial charge >= 0.3 is 11.9 Å². The number of hydrogen-bond acceptors (Lipinski definition) is 6. The third-order valence-electron chi connectivity index (χ3n) is 4.49. The second kappa shape index (κ2) is 8.05. The van der Waals surface area contributed by atoms with Gasteiger partial charge in [-0.1, -0.05) is 12.8 Å². The number of hydrogen-bond donors (Lipinski definition) is 1. The Morgan fingerprint density at radius 2 is 1.85 bits per heavy atom. The number of methoxy groups -OCH3 is 1. The Hall–Kier alpha value is -2.13. The quantitative estimate of drug-likeness (QED) is 0.741. The van der Waals surface area contributed by atoms with Gasteiger partial charge in [-0.15, -0.1) is 0 Å². The molecular formula is C17H23NO7S. The van der Waals surface area contributed by atoms with Gasteiger partial charge in [-0.3, -0.25) is 9.59 Å². The Morgan fingerprint density at radius 3 is 2.38 bits per heavy atom. The molecule has 0 spiro atoms. The van der Waals surface area contributed by atoms with E-state index in [9.17, 15) is 23.1 Å². The molecule has 0 saturated carbocycles. The Labute approximate surface area is 152 Å². The Bertz CT molecular complexity index is 760.